The van der Waals surface area contributed by atoms with Gasteiger partial charge in [-0.25, -0.2) is 0 Å². The Balaban J connectivity index is 2.45. The predicted octanol–water partition coefficient (Wildman–Crippen LogP) is 0.899. The number of nitrogens with one attached hydrogen (secondary N) is 1. The molecule has 0 heterocycles. The first-order valence-electron chi connectivity index (χ1n) is 5.46. The van der Waals surface area contributed by atoms with Crippen LogP contribution in [0.5, 0.6) is 0 Å². The Morgan fingerprint density at radius 2 is 2.00 bits per heavy atom. The highest BCUT2D eigenvalue weighted by molar-refractivity contribution is 5.90. The van der Waals surface area contributed by atoms with Crippen LogP contribution in [0.3, 0.4) is 0 Å². The van der Waals surface area contributed by atoms with Crippen molar-refractivity contribution >= 4 is 11.6 Å². The van der Waals surface area contributed by atoms with Crippen molar-refractivity contribution in [2.45, 2.75) is 19.3 Å². The second-order valence-corrected chi connectivity index (χ2v) is 3.61. The molecule has 1 amide bonds. The van der Waals surface area contributed by atoms with Gasteiger partial charge in [-0.3, -0.25) is 4.79 Å². The molecule has 16 heavy (non-hydrogen) atoms. The molecule has 0 aliphatic carbocycles. The van der Waals surface area contributed by atoms with Crippen LogP contribution in [0.25, 0.3) is 0 Å². The third-order valence-electron chi connectivity index (χ3n) is 2.25. The standard InChI is InChI=1S/C12H18N2O2/c13-8-1-2-12(16)14-11-5-3-10(4-6-11)7-9-15/h3-6,15H,1-2,7-9,13H2,(H,14,16). The van der Waals surface area contributed by atoms with E-state index in [2.05, 4.69) is 5.32 Å². The number of anilines is 1. The smallest absolute Gasteiger partial charge is 0.224 e. The minimum absolute atomic E-state index is 0.0136. The summed E-state index contributed by atoms with van der Waals surface area (Å²) in [7, 11) is 0. The van der Waals surface area contributed by atoms with Crippen molar-refractivity contribution in [1.82, 2.24) is 0 Å². The summed E-state index contributed by atoms with van der Waals surface area (Å²) in [5.74, 6) is -0.0136. The third-order valence-corrected chi connectivity index (χ3v) is 2.25. The number of nitrogens with two attached hydrogens (primary N) is 1. The lowest BCUT2D eigenvalue weighted by Gasteiger charge is -2.05. The minimum atomic E-state index is -0.0136. The minimum Gasteiger partial charge on any atom is -0.396 e. The average Bonchev–Trinajstić information content (AvgIpc) is 2.29. The Labute approximate surface area is 95.5 Å². The van der Waals surface area contributed by atoms with Crippen LogP contribution in [-0.4, -0.2) is 24.2 Å². The van der Waals surface area contributed by atoms with Gasteiger partial charge in [0.2, 0.25) is 5.91 Å². The Kier molecular flexibility index (Phi) is 5.53. The van der Waals surface area contributed by atoms with E-state index in [-0.39, 0.29) is 12.5 Å². The average molecular weight is 222 g/mol. The molecule has 0 saturated carbocycles. The lowest BCUT2D eigenvalue weighted by molar-refractivity contribution is -0.116. The van der Waals surface area contributed by atoms with Gasteiger partial charge in [0, 0.05) is 18.7 Å². The van der Waals surface area contributed by atoms with Crippen LogP contribution < -0.4 is 11.1 Å². The summed E-state index contributed by atoms with van der Waals surface area (Å²) in [6, 6.07) is 7.47. The van der Waals surface area contributed by atoms with E-state index in [1.807, 2.05) is 24.3 Å². The van der Waals surface area contributed by atoms with Gasteiger partial charge < -0.3 is 16.2 Å². The number of aliphatic hydroxyl groups is 1. The molecular weight excluding hydrogens is 204 g/mol. The Bertz CT molecular complexity index is 322. The first-order chi connectivity index (χ1) is 7.76. The third kappa shape index (κ3) is 4.42. The van der Waals surface area contributed by atoms with Gasteiger partial charge in [-0.1, -0.05) is 12.1 Å². The SMILES string of the molecule is NCCCC(=O)Nc1ccc(CCO)cc1. The molecule has 1 aromatic carbocycles. The monoisotopic (exact) mass is 222 g/mol. The summed E-state index contributed by atoms with van der Waals surface area (Å²) in [5.41, 5.74) is 7.16. The summed E-state index contributed by atoms with van der Waals surface area (Å²) in [6.07, 6.45) is 1.80. The summed E-state index contributed by atoms with van der Waals surface area (Å²) < 4.78 is 0. The number of amides is 1. The van der Waals surface area contributed by atoms with E-state index >= 15 is 0 Å². The highest BCUT2D eigenvalue weighted by Crippen LogP contribution is 2.10. The topological polar surface area (TPSA) is 75.4 Å². The molecule has 0 unspecified atom stereocenters. The molecule has 0 atom stereocenters. The lowest BCUT2D eigenvalue weighted by Crippen LogP contribution is -2.13. The van der Waals surface area contributed by atoms with Crippen LogP contribution in [0.2, 0.25) is 0 Å². The molecule has 4 heteroatoms. The van der Waals surface area contributed by atoms with Crippen molar-refractivity contribution in [2.24, 2.45) is 5.73 Å². The van der Waals surface area contributed by atoms with Crippen molar-refractivity contribution in [3.8, 4) is 0 Å². The molecule has 0 aromatic heterocycles. The van der Waals surface area contributed by atoms with Gasteiger partial charge in [0.25, 0.3) is 0 Å². The maximum absolute atomic E-state index is 11.4. The number of hydrogen-bond donors (Lipinski definition) is 3. The first-order valence-corrected chi connectivity index (χ1v) is 5.46. The molecule has 0 aliphatic heterocycles. The normalized spacial score (nSPS) is 10.1. The summed E-state index contributed by atoms with van der Waals surface area (Å²) in [5, 5.41) is 11.5. The second kappa shape index (κ2) is 6.98. The molecule has 0 fully saturated rings. The van der Waals surface area contributed by atoms with Crippen LogP contribution in [0.4, 0.5) is 5.69 Å². The van der Waals surface area contributed by atoms with Gasteiger partial charge in [-0.15, -0.1) is 0 Å². The molecule has 0 aliphatic rings. The van der Waals surface area contributed by atoms with E-state index in [0.29, 0.717) is 25.8 Å². The zero-order valence-electron chi connectivity index (χ0n) is 9.28. The molecule has 0 spiro atoms. The highest BCUT2D eigenvalue weighted by Gasteiger charge is 2.01. The molecular formula is C12H18N2O2. The Morgan fingerprint density at radius 1 is 1.31 bits per heavy atom. The van der Waals surface area contributed by atoms with Crippen molar-refractivity contribution in [2.75, 3.05) is 18.5 Å². The molecule has 0 bridgehead atoms. The number of benzene rings is 1. The Hall–Kier alpha value is -1.39. The second-order valence-electron chi connectivity index (χ2n) is 3.61. The largest absolute Gasteiger partial charge is 0.396 e. The molecule has 1 aromatic rings. The maximum atomic E-state index is 11.4. The van der Waals surface area contributed by atoms with E-state index in [4.69, 9.17) is 10.8 Å². The van der Waals surface area contributed by atoms with Crippen molar-refractivity contribution in [3.63, 3.8) is 0 Å². The van der Waals surface area contributed by atoms with E-state index in [0.717, 1.165) is 11.3 Å². The Morgan fingerprint density at radius 3 is 2.56 bits per heavy atom. The zero-order valence-corrected chi connectivity index (χ0v) is 9.28. The quantitative estimate of drug-likeness (QED) is 0.669. The molecule has 0 saturated heterocycles. The van der Waals surface area contributed by atoms with Crippen LogP contribution in [0.1, 0.15) is 18.4 Å². The van der Waals surface area contributed by atoms with Gasteiger partial charge in [-0.05, 0) is 37.1 Å². The van der Waals surface area contributed by atoms with Crippen molar-refractivity contribution in [3.05, 3.63) is 29.8 Å². The summed E-state index contributed by atoms with van der Waals surface area (Å²) in [6.45, 7) is 0.672. The van der Waals surface area contributed by atoms with Gasteiger partial charge in [-0.2, -0.15) is 0 Å². The van der Waals surface area contributed by atoms with Crippen LogP contribution in [-0.2, 0) is 11.2 Å². The fourth-order valence-electron chi connectivity index (χ4n) is 1.37. The molecule has 4 nitrogen and oxygen atoms in total. The fourth-order valence-corrected chi connectivity index (χ4v) is 1.37. The number of hydrogen-bond acceptors (Lipinski definition) is 3. The number of carbonyl (C=O) groups is 1. The van der Waals surface area contributed by atoms with E-state index in [1.165, 1.54) is 0 Å². The predicted molar refractivity (Wildman–Crippen MR) is 64.1 cm³/mol. The number of carbonyl (C=O) groups excluding carboxylic acids is 1. The molecule has 0 radical (unpaired) electrons. The molecule has 88 valence electrons. The van der Waals surface area contributed by atoms with Gasteiger partial charge in [0.05, 0.1) is 0 Å². The van der Waals surface area contributed by atoms with E-state index in [1.54, 1.807) is 0 Å². The maximum Gasteiger partial charge on any atom is 0.224 e. The van der Waals surface area contributed by atoms with E-state index in [9.17, 15) is 4.79 Å². The summed E-state index contributed by atoms with van der Waals surface area (Å²) in [4.78, 5) is 11.4. The fraction of sp³-hybridized carbons (Fsp3) is 0.417. The van der Waals surface area contributed by atoms with Gasteiger partial charge >= 0.3 is 0 Å². The van der Waals surface area contributed by atoms with Crippen LogP contribution in [0, 0.1) is 0 Å². The summed E-state index contributed by atoms with van der Waals surface area (Å²) >= 11 is 0. The highest BCUT2D eigenvalue weighted by atomic mass is 16.2. The van der Waals surface area contributed by atoms with Gasteiger partial charge in [0.1, 0.15) is 0 Å². The van der Waals surface area contributed by atoms with Crippen molar-refractivity contribution in [1.29, 1.82) is 0 Å². The van der Waals surface area contributed by atoms with E-state index < -0.39 is 0 Å². The first kappa shape index (κ1) is 12.7. The molecule has 4 N–H and O–H groups in total. The van der Waals surface area contributed by atoms with Crippen LogP contribution in [0.15, 0.2) is 24.3 Å². The zero-order chi connectivity index (χ0) is 11.8. The lowest BCUT2D eigenvalue weighted by atomic mass is 10.1. The number of aliphatic hydroxyl groups excluding tert-OH is 1. The van der Waals surface area contributed by atoms with Crippen molar-refractivity contribution < 1.29 is 9.90 Å². The molecule has 1 rings (SSSR count). The number of rotatable bonds is 6. The van der Waals surface area contributed by atoms with Gasteiger partial charge in [0.15, 0.2) is 0 Å². The van der Waals surface area contributed by atoms with Crippen LogP contribution >= 0.6 is 0 Å².